The summed E-state index contributed by atoms with van der Waals surface area (Å²) in [5.41, 5.74) is 4.24. The van der Waals surface area contributed by atoms with E-state index in [1.54, 1.807) is 6.08 Å². The third-order valence-electron chi connectivity index (χ3n) is 7.22. The van der Waals surface area contributed by atoms with E-state index >= 15 is 0 Å². The van der Waals surface area contributed by atoms with Crippen molar-refractivity contribution in [2.24, 2.45) is 0 Å². The average Bonchev–Trinajstić information content (AvgIpc) is 3.07. The molecule has 0 aromatic heterocycles. The van der Waals surface area contributed by atoms with Crippen molar-refractivity contribution in [1.29, 1.82) is 0 Å². The van der Waals surface area contributed by atoms with E-state index in [1.807, 2.05) is 121 Å². The van der Waals surface area contributed by atoms with Gasteiger partial charge in [-0.05, 0) is 22.3 Å². The Hall–Kier alpha value is -3.62. The molecule has 0 bridgehead atoms. The maximum atomic E-state index is 6.68. The lowest BCUT2D eigenvalue weighted by Gasteiger charge is -2.45. The highest BCUT2D eigenvalue weighted by atomic mass is 16.7. The number of hydrogen-bond acceptors (Lipinski definition) is 6. The van der Waals surface area contributed by atoms with Gasteiger partial charge in [0.1, 0.15) is 24.4 Å². The zero-order valence-corrected chi connectivity index (χ0v) is 24.4. The van der Waals surface area contributed by atoms with Crippen molar-refractivity contribution in [3.63, 3.8) is 0 Å². The van der Waals surface area contributed by atoms with Crippen LogP contribution >= 0.6 is 0 Å². The summed E-state index contributed by atoms with van der Waals surface area (Å²) < 4.78 is 38.8. The molecular weight excluding hydrogens is 540 g/mol. The summed E-state index contributed by atoms with van der Waals surface area (Å²) in [6.45, 7) is 6.02. The molecule has 0 aliphatic carbocycles. The van der Waals surface area contributed by atoms with E-state index in [-0.39, 0.29) is 0 Å². The van der Waals surface area contributed by atoms with Crippen LogP contribution in [0.15, 0.2) is 134 Å². The maximum absolute atomic E-state index is 6.68. The number of rotatable bonds is 16. The molecule has 1 aliphatic rings. The second kappa shape index (κ2) is 16.9. The molecule has 1 saturated heterocycles. The highest BCUT2D eigenvalue weighted by Gasteiger charge is 2.49. The summed E-state index contributed by atoms with van der Waals surface area (Å²) in [5, 5.41) is 0. The zero-order valence-electron chi connectivity index (χ0n) is 24.4. The van der Waals surface area contributed by atoms with Gasteiger partial charge in [0.15, 0.2) is 6.29 Å². The Morgan fingerprint density at radius 3 is 1.40 bits per heavy atom. The number of hydrogen-bond donors (Lipinski definition) is 0. The fourth-order valence-corrected chi connectivity index (χ4v) is 5.04. The largest absolute Gasteiger partial charge is 0.374 e. The van der Waals surface area contributed by atoms with Crippen molar-refractivity contribution in [2.75, 3.05) is 13.2 Å². The van der Waals surface area contributed by atoms with Gasteiger partial charge < -0.3 is 28.4 Å². The molecule has 1 fully saturated rings. The molecule has 0 unspecified atom stereocenters. The highest BCUT2D eigenvalue weighted by molar-refractivity contribution is 5.16. The Balaban J connectivity index is 1.41. The number of benzene rings is 4. The minimum atomic E-state index is -0.718. The van der Waals surface area contributed by atoms with E-state index in [0.717, 1.165) is 22.3 Å². The Kier molecular flexibility index (Phi) is 12.1. The molecule has 5 rings (SSSR count). The summed E-state index contributed by atoms with van der Waals surface area (Å²) in [4.78, 5) is 0. The van der Waals surface area contributed by atoms with Gasteiger partial charge in [0.05, 0.1) is 39.6 Å². The van der Waals surface area contributed by atoms with E-state index in [2.05, 4.69) is 6.58 Å². The van der Waals surface area contributed by atoms with Crippen molar-refractivity contribution < 1.29 is 28.4 Å². The van der Waals surface area contributed by atoms with Crippen LogP contribution in [0.1, 0.15) is 22.3 Å². The first kappa shape index (κ1) is 30.8. The first-order chi connectivity index (χ1) is 21.3. The number of ether oxygens (including phenoxy) is 6. The quantitative estimate of drug-likeness (QED) is 0.135. The van der Waals surface area contributed by atoms with Crippen LogP contribution in [0.4, 0.5) is 0 Å². The van der Waals surface area contributed by atoms with Gasteiger partial charge in [-0.2, -0.15) is 0 Å². The Bertz CT molecular complexity index is 1320. The molecule has 0 radical (unpaired) electrons. The molecular formula is C37H40O6. The fraction of sp³-hybridized carbons (Fsp3) is 0.297. The third kappa shape index (κ3) is 9.43. The minimum Gasteiger partial charge on any atom is -0.374 e. The molecule has 0 amide bonds. The molecule has 224 valence electrons. The fourth-order valence-electron chi connectivity index (χ4n) is 5.04. The normalized spacial score (nSPS) is 21.8. The topological polar surface area (TPSA) is 55.4 Å². The van der Waals surface area contributed by atoms with Crippen LogP contribution in [0.5, 0.6) is 0 Å². The van der Waals surface area contributed by atoms with E-state index < -0.39 is 30.7 Å². The minimum absolute atomic E-state index is 0.291. The van der Waals surface area contributed by atoms with Gasteiger partial charge in [0.2, 0.25) is 0 Å². The van der Waals surface area contributed by atoms with Gasteiger partial charge in [-0.15, -0.1) is 6.58 Å². The standard InChI is InChI=1S/C37H40O6/c1-2-23-39-37-36(42-27-32-21-13-6-14-22-32)35(41-26-31-19-11-5-12-20-31)34(40-25-30-17-9-4-10-18-30)33(43-37)28-38-24-29-15-7-3-8-16-29/h2-22,33-37H,1,23-28H2/t33-,34+,35+,36-,37-/m1/s1. The van der Waals surface area contributed by atoms with Gasteiger partial charge in [0.25, 0.3) is 0 Å². The molecule has 43 heavy (non-hydrogen) atoms. The second-order valence-corrected chi connectivity index (χ2v) is 10.4. The second-order valence-electron chi connectivity index (χ2n) is 10.4. The predicted molar refractivity (Wildman–Crippen MR) is 166 cm³/mol. The van der Waals surface area contributed by atoms with E-state index in [4.69, 9.17) is 28.4 Å². The van der Waals surface area contributed by atoms with Crippen molar-refractivity contribution in [3.8, 4) is 0 Å². The third-order valence-corrected chi connectivity index (χ3v) is 7.22. The van der Waals surface area contributed by atoms with E-state index in [0.29, 0.717) is 39.6 Å². The molecule has 5 atom stereocenters. The average molecular weight is 581 g/mol. The summed E-state index contributed by atoms with van der Waals surface area (Å²) >= 11 is 0. The lowest BCUT2D eigenvalue weighted by molar-refractivity contribution is -0.326. The molecule has 6 nitrogen and oxygen atoms in total. The van der Waals surface area contributed by atoms with Crippen molar-refractivity contribution in [2.45, 2.75) is 57.1 Å². The van der Waals surface area contributed by atoms with E-state index in [1.165, 1.54) is 0 Å². The summed E-state index contributed by atoms with van der Waals surface area (Å²) in [6, 6.07) is 40.3. The molecule has 0 spiro atoms. The van der Waals surface area contributed by atoms with Crippen molar-refractivity contribution in [1.82, 2.24) is 0 Å². The van der Waals surface area contributed by atoms with Crippen LogP contribution < -0.4 is 0 Å². The van der Waals surface area contributed by atoms with Crippen molar-refractivity contribution in [3.05, 3.63) is 156 Å². The maximum Gasteiger partial charge on any atom is 0.187 e. The van der Waals surface area contributed by atoms with Crippen molar-refractivity contribution >= 4 is 0 Å². The Morgan fingerprint density at radius 1 is 0.512 bits per heavy atom. The SMILES string of the molecule is C=CCO[C@@H]1O[C@H](COCc2ccccc2)[C@H](OCc2ccccc2)[C@H](OCc2ccccc2)[C@H]1OCc1ccccc1. The molecule has 1 aliphatic heterocycles. The van der Waals surface area contributed by atoms with Gasteiger partial charge in [-0.1, -0.05) is 127 Å². The van der Waals surface area contributed by atoms with Crippen LogP contribution in [0, 0.1) is 0 Å². The summed E-state index contributed by atoms with van der Waals surface area (Å²) in [6.07, 6.45) is -1.07. The lowest BCUT2D eigenvalue weighted by Crippen LogP contribution is -2.61. The van der Waals surface area contributed by atoms with Gasteiger partial charge >= 0.3 is 0 Å². The molecule has 0 N–H and O–H groups in total. The van der Waals surface area contributed by atoms with E-state index in [9.17, 15) is 0 Å². The molecule has 4 aromatic carbocycles. The molecule has 6 heteroatoms. The zero-order chi connectivity index (χ0) is 29.5. The Labute approximate surface area is 254 Å². The van der Waals surface area contributed by atoms with Gasteiger partial charge in [-0.25, -0.2) is 0 Å². The molecule has 1 heterocycles. The first-order valence-electron chi connectivity index (χ1n) is 14.8. The summed E-state index contributed by atoms with van der Waals surface area (Å²) in [5.74, 6) is 0. The van der Waals surface area contributed by atoms with Crippen LogP contribution in [-0.2, 0) is 54.8 Å². The monoisotopic (exact) mass is 580 g/mol. The van der Waals surface area contributed by atoms with Crippen LogP contribution in [0.25, 0.3) is 0 Å². The van der Waals surface area contributed by atoms with Crippen LogP contribution in [-0.4, -0.2) is 43.9 Å². The smallest absolute Gasteiger partial charge is 0.187 e. The van der Waals surface area contributed by atoms with Gasteiger partial charge in [0, 0.05) is 0 Å². The lowest BCUT2D eigenvalue weighted by atomic mass is 9.97. The van der Waals surface area contributed by atoms with Crippen LogP contribution in [0.2, 0.25) is 0 Å². The highest BCUT2D eigenvalue weighted by Crippen LogP contribution is 2.31. The molecule has 4 aromatic rings. The Morgan fingerprint density at radius 2 is 0.930 bits per heavy atom. The summed E-state index contributed by atoms with van der Waals surface area (Å²) in [7, 11) is 0. The molecule has 0 saturated carbocycles. The van der Waals surface area contributed by atoms with Gasteiger partial charge in [-0.3, -0.25) is 0 Å². The van der Waals surface area contributed by atoms with Crippen LogP contribution in [0.3, 0.4) is 0 Å². The first-order valence-corrected chi connectivity index (χ1v) is 14.8. The predicted octanol–water partition coefficient (Wildman–Crippen LogP) is 6.89.